The summed E-state index contributed by atoms with van der Waals surface area (Å²) in [7, 11) is 0. The number of phenols is 1. The highest BCUT2D eigenvalue weighted by atomic mass is 79.9. The molecule has 0 unspecified atom stereocenters. The monoisotopic (exact) mass is 552 g/mol. The Bertz CT molecular complexity index is 1090. The van der Waals surface area contributed by atoms with Crippen molar-refractivity contribution in [2.75, 3.05) is 11.9 Å². The molecule has 1 amide bonds. The minimum absolute atomic E-state index is 0.0856. The summed E-state index contributed by atoms with van der Waals surface area (Å²) < 4.78 is 6.29. The predicted octanol–water partition coefficient (Wildman–Crippen LogP) is 5.58. The van der Waals surface area contributed by atoms with Gasteiger partial charge in [-0.3, -0.25) is 4.79 Å². The summed E-state index contributed by atoms with van der Waals surface area (Å²) in [6, 6.07) is 5.12. The number of aryl methyl sites for hydroxylation is 1. The number of aromatic hydroxyl groups is 1. The molecule has 2 N–H and O–H groups in total. The van der Waals surface area contributed by atoms with Gasteiger partial charge in [-0.05, 0) is 72.3 Å². The molecule has 2 aromatic rings. The van der Waals surface area contributed by atoms with Gasteiger partial charge in [0.1, 0.15) is 22.4 Å². The number of phenolic OH excluding ortho intramolecular Hbond substituents is 1. The first-order valence-corrected chi connectivity index (χ1v) is 11.7. The second kappa shape index (κ2) is 9.77. The number of fused-ring (bicyclic) bond motifs is 1. The number of nitrogens with zero attached hydrogens (tertiary/aromatic N) is 1. The molecule has 0 bridgehead atoms. The van der Waals surface area contributed by atoms with Gasteiger partial charge in [-0.15, -0.1) is 11.3 Å². The number of halogens is 2. The van der Waals surface area contributed by atoms with E-state index in [9.17, 15) is 20.0 Å². The van der Waals surface area contributed by atoms with Crippen molar-refractivity contribution in [1.29, 1.82) is 5.26 Å². The average Bonchev–Trinajstić information content (AvgIpc) is 3.07. The number of ether oxygens (including phenoxy) is 1. The molecule has 0 aliphatic heterocycles. The number of hydrogen-bond acceptors (Lipinski definition) is 6. The van der Waals surface area contributed by atoms with E-state index in [4.69, 9.17) is 4.74 Å². The number of amides is 1. The van der Waals surface area contributed by atoms with Gasteiger partial charge >= 0.3 is 5.97 Å². The molecule has 1 aliphatic rings. The van der Waals surface area contributed by atoms with Gasteiger partial charge in [0.05, 0.1) is 16.6 Å². The van der Waals surface area contributed by atoms with Crippen LogP contribution in [-0.4, -0.2) is 23.6 Å². The van der Waals surface area contributed by atoms with Gasteiger partial charge in [-0.1, -0.05) is 15.9 Å². The number of carbonyl (C=O) groups excluding carboxylic acids is 2. The minimum atomic E-state index is -0.655. The SMILES string of the molecule is CCOC(=O)c1c(NC(=O)/C(C#N)=C/c2cc(Br)cc(Br)c2O)sc2c1CCCC2. The van der Waals surface area contributed by atoms with Crippen LogP contribution in [0.4, 0.5) is 5.00 Å². The second-order valence-electron chi connectivity index (χ2n) is 6.58. The second-order valence-corrected chi connectivity index (χ2v) is 9.46. The van der Waals surface area contributed by atoms with Crippen LogP contribution in [0.5, 0.6) is 5.75 Å². The van der Waals surface area contributed by atoms with E-state index in [2.05, 4.69) is 37.2 Å². The highest BCUT2D eigenvalue weighted by Gasteiger charge is 2.27. The van der Waals surface area contributed by atoms with Crippen molar-refractivity contribution < 1.29 is 19.4 Å². The number of benzene rings is 1. The Balaban J connectivity index is 1.96. The quantitative estimate of drug-likeness (QED) is 0.286. The maximum Gasteiger partial charge on any atom is 0.341 e. The van der Waals surface area contributed by atoms with Crippen molar-refractivity contribution in [1.82, 2.24) is 0 Å². The molecule has 0 radical (unpaired) electrons. The fourth-order valence-electron chi connectivity index (χ4n) is 3.24. The van der Waals surface area contributed by atoms with Gasteiger partial charge in [-0.2, -0.15) is 5.26 Å². The zero-order chi connectivity index (χ0) is 21.8. The molecule has 0 saturated carbocycles. The molecule has 1 aliphatic carbocycles. The van der Waals surface area contributed by atoms with E-state index in [1.54, 1.807) is 19.1 Å². The summed E-state index contributed by atoms with van der Waals surface area (Å²) >= 11 is 7.90. The van der Waals surface area contributed by atoms with Gasteiger partial charge < -0.3 is 15.2 Å². The third-order valence-electron chi connectivity index (χ3n) is 4.60. The summed E-state index contributed by atoms with van der Waals surface area (Å²) in [4.78, 5) is 26.4. The molecule has 3 rings (SSSR count). The Labute approximate surface area is 194 Å². The predicted molar refractivity (Wildman–Crippen MR) is 123 cm³/mol. The van der Waals surface area contributed by atoms with Crippen molar-refractivity contribution in [2.24, 2.45) is 0 Å². The number of carbonyl (C=O) groups is 2. The molecule has 9 heteroatoms. The van der Waals surface area contributed by atoms with E-state index >= 15 is 0 Å². The number of hydrogen-bond donors (Lipinski definition) is 2. The van der Waals surface area contributed by atoms with Crippen molar-refractivity contribution >= 4 is 66.2 Å². The van der Waals surface area contributed by atoms with E-state index in [0.29, 0.717) is 25.1 Å². The first kappa shape index (κ1) is 22.5. The molecule has 30 heavy (non-hydrogen) atoms. The smallest absolute Gasteiger partial charge is 0.341 e. The van der Waals surface area contributed by atoms with Crippen molar-refractivity contribution in [3.8, 4) is 11.8 Å². The van der Waals surface area contributed by atoms with Gasteiger partial charge in [0.2, 0.25) is 0 Å². The van der Waals surface area contributed by atoms with E-state index in [1.807, 2.05) is 6.07 Å². The van der Waals surface area contributed by atoms with Crippen LogP contribution in [0.1, 0.15) is 46.1 Å². The summed E-state index contributed by atoms with van der Waals surface area (Å²) in [5, 5.41) is 22.8. The maximum absolute atomic E-state index is 12.8. The van der Waals surface area contributed by atoms with E-state index in [-0.39, 0.29) is 17.9 Å². The first-order valence-electron chi connectivity index (χ1n) is 9.28. The molecule has 0 saturated heterocycles. The number of esters is 1. The van der Waals surface area contributed by atoms with Gasteiger partial charge in [-0.25, -0.2) is 4.79 Å². The van der Waals surface area contributed by atoms with Crippen LogP contribution in [0.2, 0.25) is 0 Å². The van der Waals surface area contributed by atoms with Crippen molar-refractivity contribution in [2.45, 2.75) is 32.6 Å². The van der Waals surface area contributed by atoms with Gasteiger partial charge in [0.15, 0.2) is 0 Å². The van der Waals surface area contributed by atoms with E-state index in [0.717, 1.165) is 36.1 Å². The fraction of sp³-hybridized carbons (Fsp3) is 0.286. The summed E-state index contributed by atoms with van der Waals surface area (Å²) in [6.45, 7) is 1.96. The number of thiophene rings is 1. The lowest BCUT2D eigenvalue weighted by molar-refractivity contribution is -0.112. The van der Waals surface area contributed by atoms with Crippen molar-refractivity contribution in [3.63, 3.8) is 0 Å². The van der Waals surface area contributed by atoms with Crippen LogP contribution in [0.15, 0.2) is 26.7 Å². The number of nitrogens with one attached hydrogen (secondary N) is 1. The molecule has 1 aromatic heterocycles. The van der Waals surface area contributed by atoms with Gasteiger partial charge in [0, 0.05) is 14.9 Å². The Morgan fingerprint density at radius 3 is 2.77 bits per heavy atom. The van der Waals surface area contributed by atoms with Crippen LogP contribution in [0.3, 0.4) is 0 Å². The van der Waals surface area contributed by atoms with Crippen LogP contribution >= 0.6 is 43.2 Å². The lowest BCUT2D eigenvalue weighted by Gasteiger charge is -2.12. The Morgan fingerprint density at radius 2 is 2.07 bits per heavy atom. The third-order valence-corrected chi connectivity index (χ3v) is 6.87. The first-order chi connectivity index (χ1) is 14.3. The molecule has 156 valence electrons. The van der Waals surface area contributed by atoms with Gasteiger partial charge in [0.25, 0.3) is 5.91 Å². The fourth-order valence-corrected chi connectivity index (χ4v) is 5.77. The number of anilines is 1. The zero-order valence-corrected chi connectivity index (χ0v) is 20.0. The Hall–Kier alpha value is -2.15. The van der Waals surface area contributed by atoms with Crippen molar-refractivity contribution in [3.05, 3.63) is 48.2 Å². The minimum Gasteiger partial charge on any atom is -0.506 e. The number of nitriles is 1. The highest BCUT2D eigenvalue weighted by molar-refractivity contribution is 9.11. The molecule has 6 nitrogen and oxygen atoms in total. The van der Waals surface area contributed by atoms with E-state index < -0.39 is 11.9 Å². The highest BCUT2D eigenvalue weighted by Crippen LogP contribution is 2.39. The van der Waals surface area contributed by atoms with E-state index in [1.165, 1.54) is 17.4 Å². The molecule has 0 fully saturated rings. The molecule has 1 aromatic carbocycles. The molecular formula is C21H18Br2N2O4S. The molecule has 1 heterocycles. The molecule has 0 spiro atoms. The lowest BCUT2D eigenvalue weighted by Crippen LogP contribution is -2.16. The zero-order valence-electron chi connectivity index (χ0n) is 16.1. The lowest BCUT2D eigenvalue weighted by atomic mass is 9.95. The normalized spacial score (nSPS) is 13.3. The largest absolute Gasteiger partial charge is 0.506 e. The standard InChI is InChI=1S/C21H18Br2N2O4S/c1-2-29-21(28)17-14-5-3-4-6-16(14)30-20(17)25-19(27)12(10-24)7-11-8-13(22)9-15(23)18(11)26/h7-9,26H,2-6H2,1H3,(H,25,27)/b12-7+. The summed E-state index contributed by atoms with van der Waals surface area (Å²) in [5.41, 5.74) is 1.42. The maximum atomic E-state index is 12.8. The number of rotatable bonds is 5. The van der Waals surface area contributed by atoms with Crippen LogP contribution in [0.25, 0.3) is 6.08 Å². The van der Waals surface area contributed by atoms with Crippen LogP contribution < -0.4 is 5.32 Å². The third kappa shape index (κ3) is 4.77. The topological polar surface area (TPSA) is 99.4 Å². The molecular weight excluding hydrogens is 536 g/mol. The summed E-state index contributed by atoms with van der Waals surface area (Å²) in [6.07, 6.45) is 4.92. The average molecular weight is 554 g/mol. The Kier molecular flexibility index (Phi) is 7.34. The van der Waals surface area contributed by atoms with Crippen LogP contribution in [-0.2, 0) is 22.4 Å². The summed E-state index contributed by atoms with van der Waals surface area (Å²) in [5.74, 6) is -1.21. The Morgan fingerprint density at radius 1 is 1.33 bits per heavy atom. The van der Waals surface area contributed by atoms with Crippen LogP contribution in [0, 0.1) is 11.3 Å². The molecule has 0 atom stereocenters.